The number of ether oxygens (including phenoxy) is 1. The van der Waals surface area contributed by atoms with Crippen LogP contribution in [0.5, 0.6) is 0 Å². The lowest BCUT2D eigenvalue weighted by atomic mass is 9.97. The quantitative estimate of drug-likeness (QED) is 0.441. The van der Waals surface area contributed by atoms with Gasteiger partial charge in [-0.05, 0) is 18.2 Å². The molecular weight excluding hydrogens is 440 g/mol. The Morgan fingerprint density at radius 3 is 2.64 bits per heavy atom. The Morgan fingerprint density at radius 2 is 1.88 bits per heavy atom. The Labute approximate surface area is 192 Å². The maximum Gasteiger partial charge on any atom is 0.249 e. The number of nitrogens with two attached hydrogens (primary N) is 1. The fourth-order valence-corrected chi connectivity index (χ4v) is 4.75. The van der Waals surface area contributed by atoms with E-state index in [1.807, 2.05) is 10.3 Å². The number of nitrogens with zero attached hydrogens (tertiary/aromatic N) is 2. The van der Waals surface area contributed by atoms with Crippen LogP contribution in [-0.2, 0) is 4.74 Å². The molecule has 3 N–H and O–H groups in total. The first-order chi connectivity index (χ1) is 16.0. The van der Waals surface area contributed by atoms with Gasteiger partial charge in [0.05, 0.1) is 30.2 Å². The number of pyridine rings is 1. The Morgan fingerprint density at radius 1 is 1.12 bits per heavy atom. The lowest BCUT2D eigenvalue weighted by molar-refractivity contribution is 0.1000. The van der Waals surface area contributed by atoms with E-state index in [0.717, 1.165) is 0 Å². The van der Waals surface area contributed by atoms with E-state index in [1.54, 1.807) is 42.6 Å². The van der Waals surface area contributed by atoms with Gasteiger partial charge in [-0.15, -0.1) is 11.3 Å². The van der Waals surface area contributed by atoms with Crippen molar-refractivity contribution in [3.63, 3.8) is 0 Å². The number of amides is 1. The number of carbonyl (C=O) groups is 1. The van der Waals surface area contributed by atoms with E-state index >= 15 is 0 Å². The third-order valence-corrected chi connectivity index (χ3v) is 6.52. The molecule has 0 aliphatic carbocycles. The predicted molar refractivity (Wildman–Crippen MR) is 128 cm³/mol. The molecule has 3 aromatic heterocycles. The molecular formula is C24H20N4O4S. The van der Waals surface area contributed by atoms with Gasteiger partial charge in [-0.1, -0.05) is 18.2 Å². The molecule has 1 aliphatic rings. The van der Waals surface area contributed by atoms with Gasteiger partial charge in [0.1, 0.15) is 4.70 Å². The third-order valence-electron chi connectivity index (χ3n) is 5.54. The number of thiophene rings is 1. The number of hydrogen-bond acceptors (Lipinski definition) is 8. The highest BCUT2D eigenvalue weighted by molar-refractivity contribution is 7.17. The van der Waals surface area contributed by atoms with Crippen molar-refractivity contribution in [2.45, 2.75) is 0 Å². The van der Waals surface area contributed by atoms with Crippen LogP contribution >= 0.6 is 11.3 Å². The molecule has 0 spiro atoms. The molecule has 0 saturated carbocycles. The number of anilines is 1. The summed E-state index contributed by atoms with van der Waals surface area (Å²) in [4.78, 5) is 31.0. The number of primary amides is 1. The summed E-state index contributed by atoms with van der Waals surface area (Å²) in [5.41, 5.74) is 8.56. The third kappa shape index (κ3) is 3.92. The van der Waals surface area contributed by atoms with Gasteiger partial charge in [0.25, 0.3) is 0 Å². The van der Waals surface area contributed by atoms with Gasteiger partial charge in [0.15, 0.2) is 11.5 Å². The highest BCUT2D eigenvalue weighted by atomic mass is 32.1. The van der Waals surface area contributed by atoms with Crippen molar-refractivity contribution in [3.8, 4) is 11.3 Å². The van der Waals surface area contributed by atoms with Crippen molar-refractivity contribution >= 4 is 39.1 Å². The molecule has 9 heteroatoms. The predicted octanol–water partition coefficient (Wildman–Crippen LogP) is 3.27. The molecule has 4 heterocycles. The van der Waals surface area contributed by atoms with Crippen LogP contribution in [0, 0.1) is 5.41 Å². The summed E-state index contributed by atoms with van der Waals surface area (Å²) in [5.74, 6) is -0.0828. The lowest BCUT2D eigenvalue weighted by Crippen LogP contribution is -2.36. The molecule has 0 bridgehead atoms. The average Bonchev–Trinajstić information content (AvgIpc) is 3.29. The second kappa shape index (κ2) is 8.61. The summed E-state index contributed by atoms with van der Waals surface area (Å²) in [5, 5.41) is 10.5. The number of benzene rings is 1. The number of rotatable bonds is 5. The first-order valence-electron chi connectivity index (χ1n) is 10.4. The van der Waals surface area contributed by atoms with Crippen LogP contribution in [0.3, 0.4) is 0 Å². The van der Waals surface area contributed by atoms with E-state index in [0.29, 0.717) is 64.9 Å². The van der Waals surface area contributed by atoms with Gasteiger partial charge in [0.2, 0.25) is 11.3 Å². The zero-order valence-corrected chi connectivity index (χ0v) is 18.4. The average molecular weight is 461 g/mol. The summed E-state index contributed by atoms with van der Waals surface area (Å²) < 4.78 is 12.1. The van der Waals surface area contributed by atoms with Crippen molar-refractivity contribution < 1.29 is 13.9 Å². The van der Waals surface area contributed by atoms with Gasteiger partial charge in [-0.25, -0.2) is 0 Å². The van der Waals surface area contributed by atoms with E-state index in [4.69, 9.17) is 20.3 Å². The molecule has 0 unspecified atom stereocenters. The minimum absolute atomic E-state index is 0.103. The zero-order valence-electron chi connectivity index (χ0n) is 17.5. The fourth-order valence-electron chi connectivity index (χ4n) is 3.85. The van der Waals surface area contributed by atoms with E-state index in [1.165, 1.54) is 17.4 Å². The monoisotopic (exact) mass is 460 g/mol. The molecule has 1 saturated heterocycles. The molecule has 1 fully saturated rings. The maximum atomic E-state index is 12.7. The molecule has 1 amide bonds. The van der Waals surface area contributed by atoms with Crippen LogP contribution < -0.4 is 16.1 Å². The number of fused-ring (bicyclic) bond motifs is 1. The van der Waals surface area contributed by atoms with Crippen molar-refractivity contribution in [2.75, 3.05) is 31.2 Å². The van der Waals surface area contributed by atoms with Crippen LogP contribution in [0.4, 0.5) is 5.88 Å². The highest BCUT2D eigenvalue weighted by Crippen LogP contribution is 2.34. The Hall–Kier alpha value is -3.82. The van der Waals surface area contributed by atoms with Crippen LogP contribution in [-0.4, -0.2) is 42.9 Å². The van der Waals surface area contributed by atoms with Crippen LogP contribution in [0.1, 0.15) is 21.5 Å². The number of nitrogens with one attached hydrogen (secondary N) is 1. The topological polar surface area (TPSA) is 123 Å². The van der Waals surface area contributed by atoms with Gasteiger partial charge in [-0.2, -0.15) is 0 Å². The largest absolute Gasteiger partial charge is 0.439 e. The lowest BCUT2D eigenvalue weighted by Gasteiger charge is -2.27. The van der Waals surface area contributed by atoms with Crippen molar-refractivity contribution in [1.29, 1.82) is 5.41 Å². The van der Waals surface area contributed by atoms with Crippen LogP contribution in [0.15, 0.2) is 63.3 Å². The van der Waals surface area contributed by atoms with Gasteiger partial charge < -0.3 is 19.8 Å². The molecule has 8 nitrogen and oxygen atoms in total. The summed E-state index contributed by atoms with van der Waals surface area (Å²) >= 11 is 1.30. The Balaban J connectivity index is 1.57. The second-order valence-corrected chi connectivity index (χ2v) is 8.45. The molecule has 1 aromatic carbocycles. The number of hydrogen-bond donors (Lipinski definition) is 2. The highest BCUT2D eigenvalue weighted by Gasteiger charge is 2.20. The maximum absolute atomic E-state index is 12.7. The number of aromatic nitrogens is 1. The smallest absolute Gasteiger partial charge is 0.249 e. The minimum Gasteiger partial charge on any atom is -0.439 e. The first kappa shape index (κ1) is 21.0. The molecule has 0 atom stereocenters. The van der Waals surface area contributed by atoms with Crippen molar-refractivity contribution in [2.24, 2.45) is 5.73 Å². The van der Waals surface area contributed by atoms with Crippen LogP contribution in [0.25, 0.3) is 21.5 Å². The van der Waals surface area contributed by atoms with Gasteiger partial charge in [-0.3, -0.25) is 20.0 Å². The summed E-state index contributed by atoms with van der Waals surface area (Å²) in [6.07, 6.45) is 1.60. The minimum atomic E-state index is -0.592. The number of morpholine rings is 1. The summed E-state index contributed by atoms with van der Waals surface area (Å²) in [6, 6.07) is 11.7. The second-order valence-electron chi connectivity index (χ2n) is 7.57. The zero-order chi connectivity index (χ0) is 22.9. The molecule has 0 radical (unpaired) electrons. The van der Waals surface area contributed by atoms with E-state index in [-0.39, 0.29) is 16.7 Å². The molecule has 4 aromatic rings. The summed E-state index contributed by atoms with van der Waals surface area (Å²) in [6.45, 7) is 2.46. The fraction of sp³-hybridized carbons (Fsp3) is 0.167. The standard InChI is InChI=1S/C24H20N4O4S/c25-21(15-3-1-2-4-16(15)24(26)30)14-5-6-27-18(11-14)17-13-33-23-19(29)12-20(32-22(17)23)28-7-9-31-10-8-28/h1-6,11-13,25H,7-10H2,(H2,26,30). The van der Waals surface area contributed by atoms with Crippen molar-refractivity contribution in [1.82, 2.24) is 4.98 Å². The van der Waals surface area contributed by atoms with Crippen LogP contribution in [0.2, 0.25) is 0 Å². The number of carbonyl (C=O) groups excluding carboxylic acids is 1. The van der Waals surface area contributed by atoms with Gasteiger partial charge in [0, 0.05) is 47.4 Å². The Bertz CT molecular complexity index is 1440. The summed E-state index contributed by atoms with van der Waals surface area (Å²) in [7, 11) is 0. The van der Waals surface area contributed by atoms with E-state index in [2.05, 4.69) is 4.98 Å². The molecule has 166 valence electrons. The van der Waals surface area contributed by atoms with Gasteiger partial charge >= 0.3 is 0 Å². The van der Waals surface area contributed by atoms with Crippen molar-refractivity contribution in [3.05, 3.63) is 81.0 Å². The molecule has 1 aliphatic heterocycles. The van der Waals surface area contributed by atoms with E-state index < -0.39 is 5.91 Å². The SMILES string of the molecule is N=C(c1ccnc(-c2csc3c(=O)cc(N4CCOCC4)oc23)c1)c1ccccc1C(N)=O. The molecule has 33 heavy (non-hydrogen) atoms. The normalized spacial score (nSPS) is 13.9. The first-order valence-corrected chi connectivity index (χ1v) is 11.2. The molecule has 5 rings (SSSR count). The Kier molecular flexibility index (Phi) is 5.49. The van der Waals surface area contributed by atoms with E-state index in [9.17, 15) is 9.59 Å².